The Hall–Kier alpha value is -1.64. The molecule has 1 radical (unpaired) electrons. The molecule has 2 nitrogen and oxygen atoms in total. The first-order valence-electron chi connectivity index (χ1n) is 9.86. The van der Waals surface area contributed by atoms with Crippen molar-refractivity contribution in [2.24, 2.45) is 5.92 Å². The Kier molecular flexibility index (Phi) is 8.87. The predicted octanol–water partition coefficient (Wildman–Crippen LogP) is 5.31. The molecular weight excluding hydrogens is 316 g/mol. The van der Waals surface area contributed by atoms with E-state index in [-0.39, 0.29) is 0 Å². The number of hydrogen-bond acceptors (Lipinski definition) is 2. The third-order valence-corrected chi connectivity index (χ3v) is 4.58. The minimum atomic E-state index is 0.523. The molecule has 2 heteroatoms. The predicted molar refractivity (Wildman–Crippen MR) is 113 cm³/mol. The second-order valence-electron chi connectivity index (χ2n) is 8.00. The molecule has 0 fully saturated rings. The van der Waals surface area contributed by atoms with E-state index in [1.807, 2.05) is 0 Å². The number of rotatable bonds is 11. The topological polar surface area (TPSA) is 15.3 Å². The first-order chi connectivity index (χ1) is 12.5. The van der Waals surface area contributed by atoms with Gasteiger partial charge in [-0.05, 0) is 29.4 Å². The molecule has 2 aromatic rings. The minimum absolute atomic E-state index is 0.523. The van der Waals surface area contributed by atoms with Gasteiger partial charge in [-0.15, -0.1) is 0 Å². The maximum Gasteiger partial charge on any atom is 0.0240 e. The van der Waals surface area contributed by atoms with E-state index in [9.17, 15) is 0 Å². The number of nitrogens with one attached hydrogen (secondary N) is 1. The Morgan fingerprint density at radius 2 is 1.35 bits per heavy atom. The van der Waals surface area contributed by atoms with Crippen LogP contribution in [0.4, 0.5) is 0 Å². The summed E-state index contributed by atoms with van der Waals surface area (Å²) in [6.45, 7) is 13.0. The largest absolute Gasteiger partial charge is 0.315 e. The van der Waals surface area contributed by atoms with Crippen molar-refractivity contribution >= 4 is 0 Å². The SMILES string of the molecule is C[C](C)CNC[C@@H](CC(C)C)N(Cc1ccccc1)Cc1ccccc1. The molecule has 0 aromatic heterocycles. The van der Waals surface area contributed by atoms with Gasteiger partial charge in [0.1, 0.15) is 0 Å². The molecule has 141 valence electrons. The molecule has 2 aromatic carbocycles. The van der Waals surface area contributed by atoms with Crippen LogP contribution in [-0.4, -0.2) is 24.0 Å². The standard InChI is InChI=1S/C24H35N2/c1-20(2)15-24(17-25-16-21(3)4)26(18-22-11-7-5-8-12-22)19-23-13-9-6-10-14-23/h5-14,20,24-25H,15-19H2,1-4H3/t24-/m1/s1. The summed E-state index contributed by atoms with van der Waals surface area (Å²) in [6.07, 6.45) is 1.20. The fourth-order valence-electron chi connectivity index (χ4n) is 3.34. The number of nitrogens with zero attached hydrogens (tertiary/aromatic N) is 1. The first-order valence-corrected chi connectivity index (χ1v) is 9.86. The van der Waals surface area contributed by atoms with Crippen molar-refractivity contribution in [3.05, 3.63) is 77.7 Å². The lowest BCUT2D eigenvalue weighted by Gasteiger charge is -2.33. The van der Waals surface area contributed by atoms with Gasteiger partial charge in [0.05, 0.1) is 0 Å². The zero-order chi connectivity index (χ0) is 18.8. The van der Waals surface area contributed by atoms with Gasteiger partial charge in [0.15, 0.2) is 0 Å². The summed E-state index contributed by atoms with van der Waals surface area (Å²) >= 11 is 0. The molecule has 0 saturated heterocycles. The Balaban J connectivity index is 2.15. The van der Waals surface area contributed by atoms with E-state index >= 15 is 0 Å². The van der Waals surface area contributed by atoms with Crippen LogP contribution in [0.25, 0.3) is 0 Å². The maximum atomic E-state index is 3.66. The van der Waals surface area contributed by atoms with Gasteiger partial charge in [0.25, 0.3) is 0 Å². The molecule has 0 aliphatic heterocycles. The average Bonchev–Trinajstić information content (AvgIpc) is 2.61. The highest BCUT2D eigenvalue weighted by Gasteiger charge is 2.20. The van der Waals surface area contributed by atoms with Crippen LogP contribution < -0.4 is 5.32 Å². The van der Waals surface area contributed by atoms with Crippen LogP contribution in [0.5, 0.6) is 0 Å². The smallest absolute Gasteiger partial charge is 0.0240 e. The van der Waals surface area contributed by atoms with Crippen molar-refractivity contribution < 1.29 is 0 Å². The molecule has 0 unspecified atom stereocenters. The summed E-state index contributed by atoms with van der Waals surface area (Å²) in [7, 11) is 0. The molecule has 0 saturated carbocycles. The fourth-order valence-corrected chi connectivity index (χ4v) is 3.34. The summed E-state index contributed by atoms with van der Waals surface area (Å²) in [4.78, 5) is 2.64. The summed E-state index contributed by atoms with van der Waals surface area (Å²) < 4.78 is 0. The second-order valence-corrected chi connectivity index (χ2v) is 8.00. The van der Waals surface area contributed by atoms with Gasteiger partial charge < -0.3 is 5.32 Å². The summed E-state index contributed by atoms with van der Waals surface area (Å²) in [5.41, 5.74) is 2.77. The van der Waals surface area contributed by atoms with Gasteiger partial charge >= 0.3 is 0 Å². The van der Waals surface area contributed by atoms with Crippen LogP contribution in [0.1, 0.15) is 45.2 Å². The molecule has 0 aliphatic rings. The van der Waals surface area contributed by atoms with Crippen LogP contribution >= 0.6 is 0 Å². The van der Waals surface area contributed by atoms with Gasteiger partial charge in [-0.3, -0.25) is 4.90 Å². The van der Waals surface area contributed by atoms with Crippen LogP contribution in [0, 0.1) is 11.8 Å². The summed E-state index contributed by atoms with van der Waals surface area (Å²) in [5.74, 6) is 2.12. The Morgan fingerprint density at radius 3 is 1.77 bits per heavy atom. The molecule has 26 heavy (non-hydrogen) atoms. The fraction of sp³-hybridized carbons (Fsp3) is 0.458. The quantitative estimate of drug-likeness (QED) is 0.590. The van der Waals surface area contributed by atoms with Gasteiger partial charge in [-0.2, -0.15) is 0 Å². The average molecular weight is 352 g/mol. The number of benzene rings is 2. The second kappa shape index (κ2) is 11.2. The highest BCUT2D eigenvalue weighted by Crippen LogP contribution is 2.18. The molecule has 0 amide bonds. The Bertz CT molecular complexity index is 551. The van der Waals surface area contributed by atoms with Crippen LogP contribution in [0.15, 0.2) is 60.7 Å². The van der Waals surface area contributed by atoms with Gasteiger partial charge in [-0.25, -0.2) is 0 Å². The molecule has 0 heterocycles. The van der Waals surface area contributed by atoms with Crippen molar-refractivity contribution in [2.75, 3.05) is 13.1 Å². The van der Waals surface area contributed by atoms with Crippen molar-refractivity contribution in [3.63, 3.8) is 0 Å². The number of hydrogen-bond donors (Lipinski definition) is 1. The zero-order valence-corrected chi connectivity index (χ0v) is 16.9. The van der Waals surface area contributed by atoms with Gasteiger partial charge in [0.2, 0.25) is 0 Å². The molecular formula is C24H35N2. The molecule has 1 atom stereocenters. The van der Waals surface area contributed by atoms with Crippen LogP contribution in [-0.2, 0) is 13.1 Å². The van der Waals surface area contributed by atoms with Crippen molar-refractivity contribution in [3.8, 4) is 0 Å². The lowest BCUT2D eigenvalue weighted by Crippen LogP contribution is -2.43. The highest BCUT2D eigenvalue weighted by atomic mass is 15.2. The molecule has 0 spiro atoms. The minimum Gasteiger partial charge on any atom is -0.315 e. The zero-order valence-electron chi connectivity index (χ0n) is 16.9. The van der Waals surface area contributed by atoms with E-state index < -0.39 is 0 Å². The van der Waals surface area contributed by atoms with E-state index in [1.165, 1.54) is 23.5 Å². The first kappa shape index (κ1) is 20.7. The van der Waals surface area contributed by atoms with E-state index in [1.54, 1.807) is 0 Å². The maximum absolute atomic E-state index is 3.66. The monoisotopic (exact) mass is 351 g/mol. The molecule has 2 rings (SSSR count). The van der Waals surface area contributed by atoms with E-state index in [2.05, 4.69) is 98.6 Å². The third-order valence-electron chi connectivity index (χ3n) is 4.58. The lowest BCUT2D eigenvalue weighted by atomic mass is 10.0. The van der Waals surface area contributed by atoms with E-state index in [4.69, 9.17) is 0 Å². The highest BCUT2D eigenvalue weighted by molar-refractivity contribution is 5.17. The Morgan fingerprint density at radius 1 is 0.846 bits per heavy atom. The molecule has 0 bridgehead atoms. The van der Waals surface area contributed by atoms with Gasteiger partial charge in [0, 0.05) is 32.2 Å². The van der Waals surface area contributed by atoms with Crippen LogP contribution in [0.2, 0.25) is 0 Å². The van der Waals surface area contributed by atoms with Crippen molar-refractivity contribution in [1.82, 2.24) is 10.2 Å². The van der Waals surface area contributed by atoms with Crippen molar-refractivity contribution in [2.45, 2.75) is 53.2 Å². The van der Waals surface area contributed by atoms with E-state index in [0.29, 0.717) is 12.0 Å². The summed E-state index contributed by atoms with van der Waals surface area (Å²) in [5, 5.41) is 3.66. The lowest BCUT2D eigenvalue weighted by molar-refractivity contribution is 0.153. The van der Waals surface area contributed by atoms with Crippen molar-refractivity contribution in [1.29, 1.82) is 0 Å². The molecule has 1 N–H and O–H groups in total. The normalized spacial score (nSPS) is 12.9. The summed E-state index contributed by atoms with van der Waals surface area (Å²) in [6, 6.07) is 22.2. The third kappa shape index (κ3) is 7.72. The van der Waals surface area contributed by atoms with Crippen LogP contribution in [0.3, 0.4) is 0 Å². The van der Waals surface area contributed by atoms with Gasteiger partial charge in [-0.1, -0.05) is 88.4 Å². The van der Waals surface area contributed by atoms with E-state index in [0.717, 1.165) is 26.2 Å². The Labute approximate surface area is 160 Å². The molecule has 0 aliphatic carbocycles.